The third-order valence-electron chi connectivity index (χ3n) is 18.5. The van der Waals surface area contributed by atoms with Crippen molar-refractivity contribution in [1.82, 2.24) is 0 Å². The Morgan fingerprint density at radius 3 is 2.37 bits per heavy atom. The monoisotopic (exact) mass is 768 g/mol. The van der Waals surface area contributed by atoms with E-state index in [0.717, 1.165) is 38.5 Å². The van der Waals surface area contributed by atoms with Crippen LogP contribution in [0.2, 0.25) is 0 Å². The molecule has 0 aliphatic heterocycles. The summed E-state index contributed by atoms with van der Waals surface area (Å²) in [7, 11) is 0. The van der Waals surface area contributed by atoms with Crippen LogP contribution in [-0.2, 0) is 39.6 Å². The molecule has 11 aromatic rings. The molecule has 2 nitrogen and oxygen atoms in total. The van der Waals surface area contributed by atoms with E-state index >= 15 is 0 Å². The molecular weight excluding hydrogens is 737 g/mol. The Bertz CT molecular complexity index is 4070. The van der Waals surface area contributed by atoms with Crippen LogP contribution in [0.5, 0.6) is 0 Å². The van der Waals surface area contributed by atoms with Crippen molar-refractivity contribution >= 4 is 116 Å². The number of carbonyl (C=O) groups excluding carboxylic acids is 1. The smallest absolute Gasteiger partial charge is 0.305 e. The van der Waals surface area contributed by atoms with Gasteiger partial charge >= 0.3 is 5.97 Å². The first-order valence-electron chi connectivity index (χ1n) is 22.2. The van der Waals surface area contributed by atoms with E-state index in [9.17, 15) is 4.79 Å². The van der Waals surface area contributed by atoms with Gasteiger partial charge in [0.05, 0.1) is 6.61 Å². The fourth-order valence-corrected chi connectivity index (χ4v) is 18.0. The van der Waals surface area contributed by atoms with E-state index in [1.165, 1.54) is 21.9 Å². The molecule has 3 heteroatoms. The molecule has 1 saturated carbocycles. The predicted molar refractivity (Wildman–Crippen MR) is 240 cm³/mol. The Morgan fingerprint density at radius 1 is 0.729 bits per heavy atom. The number of hydrogen-bond acceptors (Lipinski definition) is 3. The largest absolute Gasteiger partial charge is 0.465 e. The van der Waals surface area contributed by atoms with E-state index in [1.807, 2.05) is 0 Å². The molecule has 1 spiro atoms. The van der Waals surface area contributed by atoms with Crippen molar-refractivity contribution in [3.8, 4) is 0 Å². The molecule has 59 heavy (non-hydrogen) atoms. The highest BCUT2D eigenvalue weighted by Crippen LogP contribution is 2.87. The summed E-state index contributed by atoms with van der Waals surface area (Å²) in [5, 5.41) is 31.7. The van der Waals surface area contributed by atoms with Gasteiger partial charge in [0.2, 0.25) is 0 Å². The lowest BCUT2D eigenvalue weighted by Crippen LogP contribution is -2.22. The van der Waals surface area contributed by atoms with E-state index in [-0.39, 0.29) is 16.8 Å². The summed E-state index contributed by atoms with van der Waals surface area (Å²) >= 11 is 1.70. The number of benzene rings is 7. The van der Waals surface area contributed by atoms with Gasteiger partial charge in [0, 0.05) is 41.4 Å². The standard InChI is InChI=1S/C56H32O2S/c57-32(58-11-8-22-9-12-59-21-22)7-4-10-55(30-5-2-1-3-6-30)54-31-19-28-17-25-15-26-14-23-13-24-16-27-18-29-20-56(54,55)53-39(29)44-38(27)43-34(24)33(23)41-37(26)42-35(25)36(28)45-40(31)52(53)51-49(44)47(43)46(41)48(42)50(45)51/h1-3,5-6,9,12-13,15-16,18-19,21,29,33,54H,4,7-8,10-11,14,17,20H2. The summed E-state index contributed by atoms with van der Waals surface area (Å²) in [5.74, 6) is 1.13. The zero-order valence-electron chi connectivity index (χ0n) is 32.1. The molecule has 0 bridgehead atoms. The number of ether oxygens (including phenoxy) is 1. The maximum absolute atomic E-state index is 13.5. The van der Waals surface area contributed by atoms with Crippen molar-refractivity contribution in [2.45, 2.75) is 73.5 Å². The molecule has 0 saturated heterocycles. The van der Waals surface area contributed by atoms with Gasteiger partial charge in [-0.2, -0.15) is 11.3 Å². The Hall–Kier alpha value is -5.77. The van der Waals surface area contributed by atoms with Crippen LogP contribution < -0.4 is 5.22 Å². The molecule has 0 radical (unpaired) electrons. The molecule has 5 unspecified atom stereocenters. The molecule has 1 aromatic heterocycles. The minimum Gasteiger partial charge on any atom is -0.465 e. The molecule has 5 atom stereocenters. The summed E-state index contributed by atoms with van der Waals surface area (Å²) in [4.78, 5) is 13.5. The molecule has 8 aliphatic rings. The molecule has 1 fully saturated rings. The van der Waals surface area contributed by atoms with Crippen molar-refractivity contribution in [1.29, 1.82) is 0 Å². The number of thiophene rings is 1. The Kier molecular flexibility index (Phi) is 4.04. The van der Waals surface area contributed by atoms with Crippen LogP contribution >= 0.6 is 11.3 Å². The first-order valence-corrected chi connectivity index (χ1v) is 23.1. The maximum Gasteiger partial charge on any atom is 0.305 e. The van der Waals surface area contributed by atoms with Gasteiger partial charge in [0.1, 0.15) is 0 Å². The van der Waals surface area contributed by atoms with Gasteiger partial charge in [-0.05, 0) is 208 Å². The zero-order valence-corrected chi connectivity index (χ0v) is 32.9. The Morgan fingerprint density at radius 2 is 1.49 bits per heavy atom. The third-order valence-corrected chi connectivity index (χ3v) is 19.2. The fourth-order valence-electron chi connectivity index (χ4n) is 17.3. The average molecular weight is 769 g/mol. The predicted octanol–water partition coefficient (Wildman–Crippen LogP) is 12.3. The van der Waals surface area contributed by atoms with E-state index in [4.69, 9.17) is 4.74 Å². The van der Waals surface area contributed by atoms with Crippen LogP contribution in [0.15, 0.2) is 70.9 Å². The molecule has 1 heterocycles. The van der Waals surface area contributed by atoms with E-state index in [2.05, 4.69) is 77.5 Å². The van der Waals surface area contributed by atoms with Gasteiger partial charge in [-0.25, -0.2) is 0 Å². The quantitative estimate of drug-likeness (QED) is 0.114. The lowest BCUT2D eigenvalue weighted by molar-refractivity contribution is -0.143. The Balaban J connectivity index is 0.954. The molecular formula is C56H32O2S. The second-order valence-electron chi connectivity index (χ2n) is 20.2. The summed E-state index contributed by atoms with van der Waals surface area (Å²) in [5.41, 5.74) is 18.9. The number of hydrogen-bond donors (Lipinski definition) is 0. The van der Waals surface area contributed by atoms with Gasteiger partial charge in [-0.15, -0.1) is 0 Å². The minimum atomic E-state index is -0.0904. The first kappa shape index (κ1) is 28.6. The second-order valence-corrected chi connectivity index (χ2v) is 21.0. The molecule has 0 amide bonds. The summed E-state index contributed by atoms with van der Waals surface area (Å²) in [6.07, 6.45) is 11.8. The van der Waals surface area contributed by atoms with Gasteiger partial charge < -0.3 is 4.74 Å². The van der Waals surface area contributed by atoms with Gasteiger partial charge in [-0.3, -0.25) is 4.79 Å². The molecule has 10 aromatic carbocycles. The van der Waals surface area contributed by atoms with Crippen molar-refractivity contribution in [3.63, 3.8) is 0 Å². The molecule has 274 valence electrons. The number of rotatable bonds is 8. The summed E-state index contributed by atoms with van der Waals surface area (Å²) in [6.45, 7) is 0.460. The first-order chi connectivity index (χ1) is 29.2. The highest BCUT2D eigenvalue weighted by Gasteiger charge is 2.81. The molecule has 0 N–H and O–H groups in total. The zero-order chi connectivity index (χ0) is 37.3. The van der Waals surface area contributed by atoms with Crippen LogP contribution in [0.4, 0.5) is 0 Å². The lowest BCUT2D eigenvalue weighted by atomic mass is 9.74. The second kappa shape index (κ2) is 8.34. The highest BCUT2D eigenvalue weighted by molar-refractivity contribution is 7.08. The van der Waals surface area contributed by atoms with Crippen LogP contribution in [-0.4, -0.2) is 12.6 Å². The van der Waals surface area contributed by atoms with Gasteiger partial charge in [0.25, 0.3) is 0 Å². The van der Waals surface area contributed by atoms with Crippen LogP contribution in [0.3, 0.4) is 0 Å². The normalized spacial score (nSPS) is 26.0. The number of fused-ring (bicyclic) bond motifs is 1. The SMILES string of the molecule is O=C(CCCC1(c2ccccc2)C2c3cc4c5c6c(cc7c8c9c%10c%11c%12c%13c(cc%14c%12c%12c%15c(c%16c3c5c(c%10c86)c%16c%12%11)C21CC%15C=%14)C=C(C7)C%139)C4)OCCc1ccsc1. The van der Waals surface area contributed by atoms with Crippen LogP contribution in [0.25, 0.3) is 98.3 Å². The van der Waals surface area contributed by atoms with Gasteiger partial charge in [-0.1, -0.05) is 60.2 Å². The van der Waals surface area contributed by atoms with Crippen LogP contribution in [0, 0.1) is 0 Å². The molecule has 19 rings (SSSR count). The van der Waals surface area contributed by atoms with E-state index < -0.39 is 0 Å². The third kappa shape index (κ3) is 2.49. The van der Waals surface area contributed by atoms with Gasteiger partial charge in [0.15, 0.2) is 0 Å². The van der Waals surface area contributed by atoms with Crippen molar-refractivity contribution in [2.24, 2.45) is 0 Å². The topological polar surface area (TPSA) is 26.3 Å². The number of esters is 1. The number of carbonyl (C=O) groups is 1. The Labute approximate surface area is 341 Å². The minimum absolute atomic E-state index is 0.0151. The lowest BCUT2D eigenvalue weighted by Gasteiger charge is -2.28. The van der Waals surface area contributed by atoms with Crippen molar-refractivity contribution < 1.29 is 9.53 Å². The maximum atomic E-state index is 13.5. The average Bonchev–Trinajstić information content (AvgIpc) is 4.03. The van der Waals surface area contributed by atoms with Crippen molar-refractivity contribution in [3.05, 3.63) is 137 Å². The summed E-state index contributed by atoms with van der Waals surface area (Å²) < 4.78 is 5.90. The summed E-state index contributed by atoms with van der Waals surface area (Å²) in [6, 6.07) is 21.8. The van der Waals surface area contributed by atoms with E-state index in [1.54, 1.807) is 148 Å². The van der Waals surface area contributed by atoms with Crippen LogP contribution in [0.1, 0.15) is 105 Å². The fraction of sp³-hybridized carbons (Fsp3) is 0.232. The van der Waals surface area contributed by atoms with E-state index in [0.29, 0.717) is 30.8 Å². The number of allylic oxidation sites excluding steroid dienone is 1. The van der Waals surface area contributed by atoms with Crippen molar-refractivity contribution in [2.75, 3.05) is 6.61 Å². The highest BCUT2D eigenvalue weighted by atomic mass is 32.1. The molecule has 8 aliphatic carbocycles.